The quantitative estimate of drug-likeness (QED) is 0.754. The topological polar surface area (TPSA) is 87.9 Å². The zero-order chi connectivity index (χ0) is 14.8. The SMILES string of the molecule is COC(=O)c1nc(CC2(OC)CCC2)oc1C(=O)OC. The summed E-state index contributed by atoms with van der Waals surface area (Å²) in [5.74, 6) is -1.46. The molecule has 2 rings (SSSR count). The number of aromatic nitrogens is 1. The summed E-state index contributed by atoms with van der Waals surface area (Å²) in [5, 5.41) is 0. The van der Waals surface area contributed by atoms with E-state index in [2.05, 4.69) is 14.5 Å². The highest BCUT2D eigenvalue weighted by molar-refractivity contribution is 5.99. The molecule has 0 radical (unpaired) electrons. The molecular formula is C13H17NO6. The summed E-state index contributed by atoms with van der Waals surface area (Å²) in [5.41, 5.74) is -0.481. The lowest BCUT2D eigenvalue weighted by molar-refractivity contribution is -0.0747. The molecule has 0 spiro atoms. The molecule has 1 aliphatic rings. The number of carbonyl (C=O) groups excluding carboxylic acids is 2. The first-order chi connectivity index (χ1) is 9.55. The molecule has 20 heavy (non-hydrogen) atoms. The number of carbonyl (C=O) groups is 2. The summed E-state index contributed by atoms with van der Waals surface area (Å²) in [7, 11) is 4.04. The molecule has 1 saturated carbocycles. The van der Waals surface area contributed by atoms with E-state index in [1.54, 1.807) is 7.11 Å². The lowest BCUT2D eigenvalue weighted by atomic mass is 9.77. The summed E-state index contributed by atoms with van der Waals surface area (Å²) < 4.78 is 20.0. The van der Waals surface area contributed by atoms with Crippen molar-refractivity contribution in [2.24, 2.45) is 0 Å². The maximum atomic E-state index is 11.6. The first-order valence-corrected chi connectivity index (χ1v) is 6.27. The lowest BCUT2D eigenvalue weighted by Gasteiger charge is -2.39. The molecule has 110 valence electrons. The highest BCUT2D eigenvalue weighted by Gasteiger charge is 2.39. The highest BCUT2D eigenvalue weighted by Crippen LogP contribution is 2.38. The van der Waals surface area contributed by atoms with Gasteiger partial charge >= 0.3 is 11.9 Å². The fraction of sp³-hybridized carbons (Fsp3) is 0.615. The Morgan fingerprint density at radius 1 is 1.20 bits per heavy atom. The van der Waals surface area contributed by atoms with Gasteiger partial charge in [0.25, 0.3) is 0 Å². The summed E-state index contributed by atoms with van der Waals surface area (Å²) in [4.78, 5) is 27.2. The van der Waals surface area contributed by atoms with Gasteiger partial charge in [0, 0.05) is 7.11 Å². The van der Waals surface area contributed by atoms with E-state index in [9.17, 15) is 9.59 Å². The average molecular weight is 283 g/mol. The van der Waals surface area contributed by atoms with Gasteiger partial charge in [0.15, 0.2) is 5.89 Å². The largest absolute Gasteiger partial charge is 0.464 e. The van der Waals surface area contributed by atoms with Gasteiger partial charge in [0.1, 0.15) is 0 Å². The van der Waals surface area contributed by atoms with Crippen molar-refractivity contribution in [3.63, 3.8) is 0 Å². The van der Waals surface area contributed by atoms with Gasteiger partial charge in [0.05, 0.1) is 26.2 Å². The van der Waals surface area contributed by atoms with Gasteiger partial charge < -0.3 is 18.6 Å². The van der Waals surface area contributed by atoms with Crippen LogP contribution in [0.4, 0.5) is 0 Å². The van der Waals surface area contributed by atoms with Crippen molar-refractivity contribution in [3.05, 3.63) is 17.3 Å². The number of hydrogen-bond donors (Lipinski definition) is 0. The molecule has 0 saturated heterocycles. The highest BCUT2D eigenvalue weighted by atomic mass is 16.5. The molecule has 0 unspecified atom stereocenters. The molecule has 1 aliphatic carbocycles. The van der Waals surface area contributed by atoms with Gasteiger partial charge in [-0.15, -0.1) is 0 Å². The average Bonchev–Trinajstić information content (AvgIpc) is 2.84. The Kier molecular flexibility index (Phi) is 4.08. The Morgan fingerprint density at radius 3 is 2.30 bits per heavy atom. The van der Waals surface area contributed by atoms with Crippen LogP contribution in [0.1, 0.15) is 46.2 Å². The van der Waals surface area contributed by atoms with E-state index >= 15 is 0 Å². The lowest BCUT2D eigenvalue weighted by Crippen LogP contribution is -2.41. The van der Waals surface area contributed by atoms with E-state index in [0.29, 0.717) is 6.42 Å². The number of nitrogens with zero attached hydrogens (tertiary/aromatic N) is 1. The zero-order valence-electron chi connectivity index (χ0n) is 11.7. The van der Waals surface area contributed by atoms with Crippen molar-refractivity contribution in [1.82, 2.24) is 4.98 Å². The van der Waals surface area contributed by atoms with E-state index in [4.69, 9.17) is 9.15 Å². The second-order valence-electron chi connectivity index (χ2n) is 4.69. The molecule has 0 bridgehead atoms. The van der Waals surface area contributed by atoms with Crippen LogP contribution >= 0.6 is 0 Å². The van der Waals surface area contributed by atoms with E-state index in [0.717, 1.165) is 19.3 Å². The van der Waals surface area contributed by atoms with Crippen molar-refractivity contribution >= 4 is 11.9 Å². The van der Waals surface area contributed by atoms with Crippen LogP contribution < -0.4 is 0 Å². The minimum atomic E-state index is -0.760. The summed E-state index contributed by atoms with van der Waals surface area (Å²) in [6.07, 6.45) is 3.27. The van der Waals surface area contributed by atoms with Crippen LogP contribution in [0.3, 0.4) is 0 Å². The number of hydrogen-bond acceptors (Lipinski definition) is 7. The monoisotopic (exact) mass is 283 g/mol. The van der Waals surface area contributed by atoms with Crippen LogP contribution in [0.25, 0.3) is 0 Å². The Hall–Kier alpha value is -1.89. The first kappa shape index (κ1) is 14.5. The predicted molar refractivity (Wildman–Crippen MR) is 66.5 cm³/mol. The van der Waals surface area contributed by atoms with Gasteiger partial charge in [-0.2, -0.15) is 0 Å². The normalized spacial score (nSPS) is 16.4. The maximum absolute atomic E-state index is 11.6. The molecule has 0 amide bonds. The number of esters is 2. The van der Waals surface area contributed by atoms with Crippen molar-refractivity contribution in [2.45, 2.75) is 31.3 Å². The molecule has 0 N–H and O–H groups in total. The fourth-order valence-corrected chi connectivity index (χ4v) is 2.21. The molecule has 0 aliphatic heterocycles. The van der Waals surface area contributed by atoms with Crippen LogP contribution in [0, 0.1) is 0 Å². The zero-order valence-corrected chi connectivity index (χ0v) is 11.7. The number of ether oxygens (including phenoxy) is 3. The molecule has 1 fully saturated rings. The third kappa shape index (κ3) is 2.53. The van der Waals surface area contributed by atoms with Crippen molar-refractivity contribution in [3.8, 4) is 0 Å². The number of rotatable bonds is 5. The molecular weight excluding hydrogens is 266 g/mol. The smallest absolute Gasteiger partial charge is 0.376 e. The van der Waals surface area contributed by atoms with Crippen LogP contribution in [-0.4, -0.2) is 43.9 Å². The minimum Gasteiger partial charge on any atom is -0.464 e. The van der Waals surface area contributed by atoms with Crippen LogP contribution in [0.2, 0.25) is 0 Å². The van der Waals surface area contributed by atoms with Gasteiger partial charge in [-0.3, -0.25) is 0 Å². The third-order valence-corrected chi connectivity index (χ3v) is 3.59. The summed E-state index contributed by atoms with van der Waals surface area (Å²) in [6, 6.07) is 0. The second-order valence-corrected chi connectivity index (χ2v) is 4.69. The molecule has 7 nitrogen and oxygen atoms in total. The Balaban J connectivity index is 2.28. The van der Waals surface area contributed by atoms with Gasteiger partial charge in [-0.25, -0.2) is 14.6 Å². The number of oxazole rings is 1. The van der Waals surface area contributed by atoms with E-state index < -0.39 is 11.9 Å². The predicted octanol–water partition coefficient (Wildman–Crippen LogP) is 1.36. The van der Waals surface area contributed by atoms with E-state index in [1.165, 1.54) is 14.2 Å². The minimum absolute atomic E-state index is 0.167. The van der Waals surface area contributed by atoms with Gasteiger partial charge in [-0.05, 0) is 19.3 Å². The van der Waals surface area contributed by atoms with E-state index in [-0.39, 0.29) is 22.9 Å². The molecule has 0 aromatic carbocycles. The summed E-state index contributed by atoms with van der Waals surface area (Å²) >= 11 is 0. The fourth-order valence-electron chi connectivity index (χ4n) is 2.21. The van der Waals surface area contributed by atoms with Crippen LogP contribution in [-0.2, 0) is 20.6 Å². The van der Waals surface area contributed by atoms with Crippen LogP contribution in [0.15, 0.2) is 4.42 Å². The van der Waals surface area contributed by atoms with Crippen molar-refractivity contribution in [1.29, 1.82) is 0 Å². The molecule has 1 aromatic heterocycles. The molecule has 1 heterocycles. The van der Waals surface area contributed by atoms with Gasteiger partial charge in [-0.1, -0.05) is 0 Å². The van der Waals surface area contributed by atoms with Gasteiger partial charge in [0.2, 0.25) is 11.5 Å². The van der Waals surface area contributed by atoms with Crippen molar-refractivity contribution < 1.29 is 28.2 Å². The Labute approximate surface area is 116 Å². The first-order valence-electron chi connectivity index (χ1n) is 6.27. The molecule has 7 heteroatoms. The standard InChI is InChI=1S/C13H17NO6/c1-17-11(15)9-10(12(16)18-2)20-8(14-9)7-13(19-3)5-4-6-13/h4-7H2,1-3H3. The van der Waals surface area contributed by atoms with Crippen LogP contribution in [0.5, 0.6) is 0 Å². The van der Waals surface area contributed by atoms with Crippen molar-refractivity contribution in [2.75, 3.05) is 21.3 Å². The Morgan fingerprint density at radius 2 is 1.85 bits per heavy atom. The van der Waals surface area contributed by atoms with E-state index in [1.807, 2.05) is 0 Å². The summed E-state index contributed by atoms with van der Waals surface area (Å²) in [6.45, 7) is 0. The third-order valence-electron chi connectivity index (χ3n) is 3.59. The molecule has 1 aromatic rings. The molecule has 0 atom stereocenters. The maximum Gasteiger partial charge on any atom is 0.376 e. The Bertz CT molecular complexity index is 478. The number of methoxy groups -OCH3 is 3. The second kappa shape index (κ2) is 5.62.